The van der Waals surface area contributed by atoms with Gasteiger partial charge in [-0.3, -0.25) is 9.88 Å². The molecule has 4 heteroatoms. The number of aryl methyl sites for hydroxylation is 1. The minimum atomic E-state index is 0.429. The molecule has 0 bridgehead atoms. The van der Waals surface area contributed by atoms with Gasteiger partial charge in [-0.25, -0.2) is 0 Å². The number of pyridine rings is 1. The van der Waals surface area contributed by atoms with E-state index < -0.39 is 0 Å². The summed E-state index contributed by atoms with van der Waals surface area (Å²) in [6.07, 6.45) is 7.53. The number of hydrogen-bond donors (Lipinski definition) is 1. The van der Waals surface area contributed by atoms with E-state index in [1.807, 2.05) is 12.4 Å². The van der Waals surface area contributed by atoms with E-state index in [2.05, 4.69) is 22.9 Å². The van der Waals surface area contributed by atoms with Crippen LogP contribution in [0.2, 0.25) is 0 Å². The average molecular weight is 263 g/mol. The molecule has 1 fully saturated rings. The number of nitrogens with zero attached hydrogens (tertiary/aromatic N) is 2. The molecule has 2 heterocycles. The maximum absolute atomic E-state index is 5.82. The zero-order valence-corrected chi connectivity index (χ0v) is 11.8. The van der Waals surface area contributed by atoms with E-state index in [4.69, 9.17) is 10.5 Å². The molecule has 2 N–H and O–H groups in total. The molecule has 0 aromatic carbocycles. The summed E-state index contributed by atoms with van der Waals surface area (Å²) in [5.74, 6) is 0. The third kappa shape index (κ3) is 4.90. The molecule has 19 heavy (non-hydrogen) atoms. The highest BCUT2D eigenvalue weighted by molar-refractivity contribution is 5.16. The van der Waals surface area contributed by atoms with Crippen LogP contribution in [0.25, 0.3) is 0 Å². The molecule has 2 rings (SSSR count). The molecular formula is C15H25N3O. The van der Waals surface area contributed by atoms with E-state index in [0.717, 1.165) is 52.0 Å². The zero-order chi connectivity index (χ0) is 13.5. The van der Waals surface area contributed by atoms with E-state index in [-0.39, 0.29) is 0 Å². The predicted molar refractivity (Wildman–Crippen MR) is 76.9 cm³/mol. The Bertz CT molecular complexity index is 375. The third-order valence-corrected chi connectivity index (χ3v) is 3.57. The van der Waals surface area contributed by atoms with Crippen LogP contribution in [0.5, 0.6) is 0 Å². The quantitative estimate of drug-likeness (QED) is 0.794. The van der Waals surface area contributed by atoms with Crippen molar-refractivity contribution < 1.29 is 4.74 Å². The van der Waals surface area contributed by atoms with Crippen LogP contribution in [-0.2, 0) is 11.3 Å². The number of likely N-dealkylation sites (tertiary alicyclic amines) is 1. The highest BCUT2D eigenvalue weighted by Gasteiger charge is 2.19. The van der Waals surface area contributed by atoms with Gasteiger partial charge in [0.15, 0.2) is 0 Å². The molecular weight excluding hydrogens is 238 g/mol. The molecule has 0 amide bonds. The smallest absolute Gasteiger partial charge is 0.0599 e. The topological polar surface area (TPSA) is 51.4 Å². The molecule has 4 nitrogen and oxygen atoms in total. The first kappa shape index (κ1) is 14.4. The predicted octanol–water partition coefficient (Wildman–Crippen LogP) is 1.72. The summed E-state index contributed by atoms with van der Waals surface area (Å²) in [4.78, 5) is 6.74. The minimum absolute atomic E-state index is 0.429. The van der Waals surface area contributed by atoms with Gasteiger partial charge in [-0.15, -0.1) is 0 Å². The van der Waals surface area contributed by atoms with Gasteiger partial charge in [0.1, 0.15) is 0 Å². The zero-order valence-electron chi connectivity index (χ0n) is 11.8. The van der Waals surface area contributed by atoms with Crippen LogP contribution in [0, 0.1) is 6.92 Å². The van der Waals surface area contributed by atoms with Gasteiger partial charge in [-0.2, -0.15) is 0 Å². The van der Waals surface area contributed by atoms with Crippen molar-refractivity contribution in [3.8, 4) is 0 Å². The van der Waals surface area contributed by atoms with E-state index in [1.54, 1.807) is 0 Å². The molecule has 1 saturated heterocycles. The molecule has 1 aliphatic heterocycles. The molecule has 1 aromatic heterocycles. The molecule has 0 aliphatic carbocycles. The second kappa shape index (κ2) is 7.58. The van der Waals surface area contributed by atoms with Crippen molar-refractivity contribution in [2.45, 2.75) is 38.8 Å². The monoisotopic (exact) mass is 263 g/mol. The summed E-state index contributed by atoms with van der Waals surface area (Å²) in [6, 6.07) is 2.22. The number of piperidine rings is 1. The van der Waals surface area contributed by atoms with E-state index in [1.165, 1.54) is 11.1 Å². The summed E-state index contributed by atoms with van der Waals surface area (Å²) in [5.41, 5.74) is 8.01. The Labute approximate surface area is 116 Å². The molecule has 106 valence electrons. The van der Waals surface area contributed by atoms with Crippen LogP contribution in [0.15, 0.2) is 18.5 Å². The summed E-state index contributed by atoms with van der Waals surface area (Å²) < 4.78 is 5.82. The Balaban J connectivity index is 1.71. The molecule has 0 radical (unpaired) electrons. The fraction of sp³-hybridized carbons (Fsp3) is 0.667. The molecule has 0 unspecified atom stereocenters. The number of hydrogen-bond acceptors (Lipinski definition) is 4. The first-order valence-corrected chi connectivity index (χ1v) is 7.22. The SMILES string of the molecule is Cc1cncc(CN2CCC(OCCCN)CC2)c1. The van der Waals surface area contributed by atoms with Crippen molar-refractivity contribution in [3.63, 3.8) is 0 Å². The normalized spacial score (nSPS) is 17.8. The maximum atomic E-state index is 5.82. The standard InChI is InChI=1S/C15H25N3O/c1-13-9-14(11-17-10-13)12-18-6-3-15(4-7-18)19-8-2-5-16/h9-11,15H,2-8,12,16H2,1H3. The lowest BCUT2D eigenvalue weighted by Gasteiger charge is -2.31. The van der Waals surface area contributed by atoms with Gasteiger partial charge in [-0.1, -0.05) is 6.07 Å². The Morgan fingerprint density at radius 3 is 2.84 bits per heavy atom. The number of aromatic nitrogens is 1. The fourth-order valence-corrected chi connectivity index (χ4v) is 2.53. The Kier molecular flexibility index (Phi) is 5.76. The Morgan fingerprint density at radius 1 is 1.37 bits per heavy atom. The summed E-state index contributed by atoms with van der Waals surface area (Å²) in [7, 11) is 0. The summed E-state index contributed by atoms with van der Waals surface area (Å²) >= 11 is 0. The molecule has 0 spiro atoms. The second-order valence-electron chi connectivity index (χ2n) is 5.36. The first-order chi connectivity index (χ1) is 9.28. The van der Waals surface area contributed by atoms with Crippen molar-refractivity contribution >= 4 is 0 Å². The van der Waals surface area contributed by atoms with Crippen LogP contribution < -0.4 is 5.73 Å². The van der Waals surface area contributed by atoms with Crippen molar-refractivity contribution in [2.24, 2.45) is 5.73 Å². The third-order valence-electron chi connectivity index (χ3n) is 3.57. The molecule has 1 aliphatic rings. The van der Waals surface area contributed by atoms with Gasteiger partial charge >= 0.3 is 0 Å². The van der Waals surface area contributed by atoms with Crippen LogP contribution in [0.1, 0.15) is 30.4 Å². The first-order valence-electron chi connectivity index (χ1n) is 7.22. The lowest BCUT2D eigenvalue weighted by molar-refractivity contribution is 0.00561. The minimum Gasteiger partial charge on any atom is -0.378 e. The molecule has 0 atom stereocenters. The molecule has 0 saturated carbocycles. The van der Waals surface area contributed by atoms with Crippen LogP contribution >= 0.6 is 0 Å². The van der Waals surface area contributed by atoms with Crippen molar-refractivity contribution in [1.29, 1.82) is 0 Å². The average Bonchev–Trinajstić information content (AvgIpc) is 2.41. The van der Waals surface area contributed by atoms with Gasteiger partial charge in [0.2, 0.25) is 0 Å². The van der Waals surface area contributed by atoms with Gasteiger partial charge in [-0.05, 0) is 43.9 Å². The lowest BCUT2D eigenvalue weighted by Crippen LogP contribution is -2.36. The number of rotatable bonds is 6. The number of nitrogens with two attached hydrogens (primary N) is 1. The fourth-order valence-electron chi connectivity index (χ4n) is 2.53. The van der Waals surface area contributed by atoms with Gasteiger partial charge < -0.3 is 10.5 Å². The lowest BCUT2D eigenvalue weighted by atomic mass is 10.1. The van der Waals surface area contributed by atoms with Crippen LogP contribution in [0.4, 0.5) is 0 Å². The highest BCUT2D eigenvalue weighted by atomic mass is 16.5. The van der Waals surface area contributed by atoms with E-state index >= 15 is 0 Å². The van der Waals surface area contributed by atoms with E-state index in [9.17, 15) is 0 Å². The summed E-state index contributed by atoms with van der Waals surface area (Å²) in [5, 5.41) is 0. The highest BCUT2D eigenvalue weighted by Crippen LogP contribution is 2.16. The second-order valence-corrected chi connectivity index (χ2v) is 5.36. The van der Waals surface area contributed by atoms with Crippen molar-refractivity contribution in [1.82, 2.24) is 9.88 Å². The van der Waals surface area contributed by atoms with Gasteiger partial charge in [0.05, 0.1) is 6.10 Å². The van der Waals surface area contributed by atoms with Gasteiger partial charge in [0.25, 0.3) is 0 Å². The Hall–Kier alpha value is -0.970. The maximum Gasteiger partial charge on any atom is 0.0599 e. The van der Waals surface area contributed by atoms with Crippen molar-refractivity contribution in [2.75, 3.05) is 26.2 Å². The molecule has 1 aromatic rings. The van der Waals surface area contributed by atoms with Crippen molar-refractivity contribution in [3.05, 3.63) is 29.6 Å². The van der Waals surface area contributed by atoms with Crippen LogP contribution in [0.3, 0.4) is 0 Å². The van der Waals surface area contributed by atoms with Crippen LogP contribution in [-0.4, -0.2) is 42.2 Å². The van der Waals surface area contributed by atoms with Gasteiger partial charge in [0, 0.05) is 38.6 Å². The Morgan fingerprint density at radius 2 is 2.16 bits per heavy atom. The largest absolute Gasteiger partial charge is 0.378 e. The number of ether oxygens (including phenoxy) is 1. The van der Waals surface area contributed by atoms with E-state index in [0.29, 0.717) is 6.10 Å². The summed E-state index contributed by atoms with van der Waals surface area (Å²) in [6.45, 7) is 6.85.